The Labute approximate surface area is 84.1 Å². The fraction of sp³-hybridized carbons (Fsp3) is 0.778. The molecule has 1 fully saturated rings. The number of likely N-dealkylation sites (tertiary alicyclic amines) is 1. The van der Waals surface area contributed by atoms with Crippen molar-refractivity contribution < 1.29 is 4.79 Å². The average molecular weight is 198 g/mol. The van der Waals surface area contributed by atoms with Gasteiger partial charge in [-0.1, -0.05) is 6.92 Å². The maximum Gasteiger partial charge on any atom is 0.317 e. The number of urea groups is 1. The molecule has 0 unspecified atom stereocenters. The van der Waals surface area contributed by atoms with Crippen molar-refractivity contribution >= 4 is 11.9 Å². The van der Waals surface area contributed by atoms with E-state index >= 15 is 0 Å². The van der Waals surface area contributed by atoms with Crippen LogP contribution in [0.5, 0.6) is 0 Å². The lowest BCUT2D eigenvalue weighted by molar-refractivity contribution is 0.175. The van der Waals surface area contributed by atoms with E-state index in [4.69, 9.17) is 11.1 Å². The second-order valence-corrected chi connectivity index (χ2v) is 3.85. The van der Waals surface area contributed by atoms with Gasteiger partial charge in [0.15, 0.2) is 0 Å². The van der Waals surface area contributed by atoms with Gasteiger partial charge in [-0.2, -0.15) is 0 Å². The van der Waals surface area contributed by atoms with Gasteiger partial charge in [0.1, 0.15) is 5.84 Å². The molecule has 80 valence electrons. The summed E-state index contributed by atoms with van der Waals surface area (Å²) < 4.78 is 0. The molecule has 0 saturated carbocycles. The van der Waals surface area contributed by atoms with E-state index in [1.807, 2.05) is 0 Å². The second kappa shape index (κ2) is 4.83. The van der Waals surface area contributed by atoms with Crippen LogP contribution in [0.25, 0.3) is 0 Å². The van der Waals surface area contributed by atoms with Crippen LogP contribution in [0.1, 0.15) is 19.8 Å². The lowest BCUT2D eigenvalue weighted by Crippen LogP contribution is -2.46. The van der Waals surface area contributed by atoms with Gasteiger partial charge in [-0.05, 0) is 18.8 Å². The van der Waals surface area contributed by atoms with Crippen LogP contribution in [-0.4, -0.2) is 36.4 Å². The molecular formula is C9H18N4O. The molecule has 0 atom stereocenters. The third-order valence-corrected chi connectivity index (χ3v) is 2.50. The fourth-order valence-corrected chi connectivity index (χ4v) is 1.49. The zero-order valence-electron chi connectivity index (χ0n) is 8.55. The van der Waals surface area contributed by atoms with Crippen molar-refractivity contribution in [1.82, 2.24) is 10.2 Å². The third kappa shape index (κ3) is 3.24. The molecule has 0 radical (unpaired) electrons. The number of carbonyl (C=O) groups is 1. The molecule has 1 heterocycles. The van der Waals surface area contributed by atoms with Gasteiger partial charge in [0, 0.05) is 13.1 Å². The van der Waals surface area contributed by atoms with Crippen LogP contribution < -0.4 is 11.1 Å². The predicted octanol–water partition coefficient (Wildman–Crippen LogP) is 0.364. The van der Waals surface area contributed by atoms with E-state index in [1.165, 1.54) is 0 Å². The van der Waals surface area contributed by atoms with Gasteiger partial charge in [0.25, 0.3) is 0 Å². The van der Waals surface area contributed by atoms with Gasteiger partial charge in [0.05, 0.1) is 6.54 Å². The summed E-state index contributed by atoms with van der Waals surface area (Å²) in [7, 11) is 0. The van der Waals surface area contributed by atoms with E-state index in [-0.39, 0.29) is 18.4 Å². The Balaban J connectivity index is 2.27. The molecule has 1 rings (SSSR count). The monoisotopic (exact) mass is 198 g/mol. The van der Waals surface area contributed by atoms with Crippen molar-refractivity contribution in [2.75, 3.05) is 19.6 Å². The Morgan fingerprint density at radius 3 is 2.64 bits per heavy atom. The number of hydrogen-bond acceptors (Lipinski definition) is 2. The summed E-state index contributed by atoms with van der Waals surface area (Å²) in [6.07, 6.45) is 2.13. The molecular weight excluding hydrogens is 180 g/mol. The minimum absolute atomic E-state index is 0.0104. The minimum atomic E-state index is -0.105. The van der Waals surface area contributed by atoms with Crippen molar-refractivity contribution in [3.05, 3.63) is 0 Å². The first-order valence-corrected chi connectivity index (χ1v) is 4.95. The Morgan fingerprint density at radius 2 is 2.14 bits per heavy atom. The third-order valence-electron chi connectivity index (χ3n) is 2.50. The highest BCUT2D eigenvalue weighted by Crippen LogP contribution is 2.15. The first-order valence-electron chi connectivity index (χ1n) is 4.95. The Hall–Kier alpha value is -1.26. The number of amidine groups is 1. The predicted molar refractivity (Wildman–Crippen MR) is 55.3 cm³/mol. The van der Waals surface area contributed by atoms with Gasteiger partial charge in [-0.25, -0.2) is 4.79 Å². The van der Waals surface area contributed by atoms with Crippen molar-refractivity contribution in [3.63, 3.8) is 0 Å². The summed E-state index contributed by atoms with van der Waals surface area (Å²) in [5.41, 5.74) is 5.14. The SMILES string of the molecule is CC1CCN(C(=O)NCC(=N)N)CC1. The lowest BCUT2D eigenvalue weighted by atomic mass is 10.00. The maximum absolute atomic E-state index is 11.5. The number of carbonyl (C=O) groups excluding carboxylic acids is 1. The maximum atomic E-state index is 11.5. The van der Waals surface area contributed by atoms with Gasteiger partial charge < -0.3 is 16.0 Å². The molecule has 0 aromatic rings. The van der Waals surface area contributed by atoms with Gasteiger partial charge in [-0.15, -0.1) is 0 Å². The van der Waals surface area contributed by atoms with Crippen molar-refractivity contribution in [3.8, 4) is 0 Å². The Morgan fingerprint density at radius 1 is 1.57 bits per heavy atom. The standard InChI is InChI=1S/C9H18N4O/c1-7-2-4-13(5-3-7)9(14)12-6-8(10)11/h7H,2-6H2,1H3,(H3,10,11)(H,12,14). The topological polar surface area (TPSA) is 82.2 Å². The molecule has 0 aromatic heterocycles. The molecule has 2 amide bonds. The molecule has 5 heteroatoms. The zero-order valence-corrected chi connectivity index (χ0v) is 8.55. The van der Waals surface area contributed by atoms with Gasteiger partial charge in [-0.3, -0.25) is 5.41 Å². The summed E-state index contributed by atoms with van der Waals surface area (Å²) in [5.74, 6) is 0.704. The molecule has 0 aromatic carbocycles. The number of piperidine rings is 1. The van der Waals surface area contributed by atoms with Gasteiger partial charge >= 0.3 is 6.03 Å². The molecule has 1 aliphatic heterocycles. The van der Waals surface area contributed by atoms with Crippen LogP contribution in [-0.2, 0) is 0 Å². The highest BCUT2D eigenvalue weighted by molar-refractivity contribution is 5.84. The lowest BCUT2D eigenvalue weighted by Gasteiger charge is -2.30. The normalized spacial score (nSPS) is 17.9. The first-order chi connectivity index (χ1) is 6.59. The zero-order chi connectivity index (χ0) is 10.6. The van der Waals surface area contributed by atoms with E-state index in [2.05, 4.69) is 12.2 Å². The van der Waals surface area contributed by atoms with E-state index in [9.17, 15) is 4.79 Å². The number of nitrogens with zero attached hydrogens (tertiary/aromatic N) is 1. The molecule has 1 aliphatic rings. The molecule has 0 aliphatic carbocycles. The summed E-state index contributed by atoms with van der Waals surface area (Å²) >= 11 is 0. The van der Waals surface area contributed by atoms with Crippen molar-refractivity contribution in [1.29, 1.82) is 5.41 Å². The van der Waals surface area contributed by atoms with Gasteiger partial charge in [0.2, 0.25) is 0 Å². The van der Waals surface area contributed by atoms with Crippen LogP contribution in [0.4, 0.5) is 4.79 Å². The van der Waals surface area contributed by atoms with Crippen LogP contribution in [0.15, 0.2) is 0 Å². The average Bonchev–Trinajstić information content (AvgIpc) is 2.15. The quantitative estimate of drug-likeness (QED) is 0.442. The highest BCUT2D eigenvalue weighted by Gasteiger charge is 2.19. The smallest absolute Gasteiger partial charge is 0.317 e. The molecule has 0 spiro atoms. The first kappa shape index (κ1) is 10.8. The number of rotatable bonds is 2. The van der Waals surface area contributed by atoms with Crippen LogP contribution >= 0.6 is 0 Å². The van der Waals surface area contributed by atoms with Crippen molar-refractivity contribution in [2.24, 2.45) is 11.7 Å². The summed E-state index contributed by atoms with van der Waals surface area (Å²) in [6, 6.07) is -0.105. The van der Waals surface area contributed by atoms with Crippen molar-refractivity contribution in [2.45, 2.75) is 19.8 Å². The highest BCUT2D eigenvalue weighted by atomic mass is 16.2. The van der Waals surface area contributed by atoms with E-state index in [1.54, 1.807) is 4.90 Å². The summed E-state index contributed by atoms with van der Waals surface area (Å²) in [4.78, 5) is 13.3. The van der Waals surface area contributed by atoms with E-state index < -0.39 is 0 Å². The Bertz CT molecular complexity index is 221. The van der Waals surface area contributed by atoms with E-state index in [0.29, 0.717) is 5.92 Å². The summed E-state index contributed by atoms with van der Waals surface area (Å²) in [5, 5.41) is 9.58. The van der Waals surface area contributed by atoms with Crippen LogP contribution in [0.3, 0.4) is 0 Å². The largest absolute Gasteiger partial charge is 0.386 e. The fourth-order valence-electron chi connectivity index (χ4n) is 1.49. The molecule has 0 bridgehead atoms. The van der Waals surface area contributed by atoms with Crippen LogP contribution in [0.2, 0.25) is 0 Å². The molecule has 5 nitrogen and oxygen atoms in total. The molecule has 4 N–H and O–H groups in total. The minimum Gasteiger partial charge on any atom is -0.386 e. The summed E-state index contributed by atoms with van der Waals surface area (Å²) in [6.45, 7) is 3.96. The number of nitrogens with two attached hydrogens (primary N) is 1. The second-order valence-electron chi connectivity index (χ2n) is 3.85. The number of amides is 2. The number of nitrogens with one attached hydrogen (secondary N) is 2. The molecule has 14 heavy (non-hydrogen) atoms. The van der Waals surface area contributed by atoms with Crippen LogP contribution in [0, 0.1) is 11.3 Å². The van der Waals surface area contributed by atoms with E-state index in [0.717, 1.165) is 25.9 Å². The number of hydrogen-bond donors (Lipinski definition) is 3. The molecule has 1 saturated heterocycles. The Kier molecular flexibility index (Phi) is 3.73.